The molecule has 4 rings (SSSR count). The monoisotopic (exact) mass is 468 g/mol. The first-order valence-corrected chi connectivity index (χ1v) is 12.8. The van der Waals surface area contributed by atoms with Gasteiger partial charge >= 0.3 is 5.97 Å². The summed E-state index contributed by atoms with van der Waals surface area (Å²) in [7, 11) is 0. The van der Waals surface area contributed by atoms with Gasteiger partial charge < -0.3 is 14.6 Å². The molecular formula is C29H37FO4. The molecule has 5 heteroatoms. The SMILES string of the molecule is CCCc1ccc(C2CCC(C(C)C3Cc4ccc(C(O)CCC)c(F)c4C(=O)O3)OC2)cc1. The third kappa shape index (κ3) is 5.21. The summed E-state index contributed by atoms with van der Waals surface area (Å²) in [5.74, 6) is -0.882. The van der Waals surface area contributed by atoms with Crippen LogP contribution in [0.5, 0.6) is 0 Å². The molecular weight excluding hydrogens is 431 g/mol. The molecule has 34 heavy (non-hydrogen) atoms. The zero-order chi connectivity index (χ0) is 24.2. The maximum Gasteiger partial charge on any atom is 0.341 e. The summed E-state index contributed by atoms with van der Waals surface area (Å²) < 4.78 is 27.0. The molecule has 5 unspecified atom stereocenters. The average Bonchev–Trinajstić information content (AvgIpc) is 2.84. The summed E-state index contributed by atoms with van der Waals surface area (Å²) in [6.45, 7) is 6.84. The predicted octanol–water partition coefficient (Wildman–Crippen LogP) is 6.29. The highest BCUT2D eigenvalue weighted by atomic mass is 19.1. The smallest absolute Gasteiger partial charge is 0.341 e. The molecule has 1 N–H and O–H groups in total. The third-order valence-corrected chi connectivity index (χ3v) is 7.54. The van der Waals surface area contributed by atoms with Gasteiger partial charge in [0, 0.05) is 23.8 Å². The lowest BCUT2D eigenvalue weighted by Crippen LogP contribution is -2.41. The van der Waals surface area contributed by atoms with Gasteiger partial charge in [-0.1, -0.05) is 70.0 Å². The molecule has 1 fully saturated rings. The van der Waals surface area contributed by atoms with Gasteiger partial charge in [0.05, 0.1) is 24.4 Å². The minimum atomic E-state index is -0.911. The quantitative estimate of drug-likeness (QED) is 0.463. The van der Waals surface area contributed by atoms with E-state index in [1.165, 1.54) is 11.1 Å². The van der Waals surface area contributed by atoms with Crippen LogP contribution in [0.2, 0.25) is 0 Å². The van der Waals surface area contributed by atoms with Gasteiger partial charge in [0.15, 0.2) is 0 Å². The van der Waals surface area contributed by atoms with Crippen molar-refractivity contribution in [2.45, 2.75) is 89.9 Å². The number of halogens is 1. The lowest BCUT2D eigenvalue weighted by atomic mass is 9.83. The Kier molecular flexibility index (Phi) is 8.05. The number of hydrogen-bond acceptors (Lipinski definition) is 4. The molecule has 0 saturated carbocycles. The second kappa shape index (κ2) is 11.0. The summed E-state index contributed by atoms with van der Waals surface area (Å²) in [6, 6.07) is 12.3. The van der Waals surface area contributed by atoms with Crippen molar-refractivity contribution in [2.75, 3.05) is 6.61 Å². The zero-order valence-corrected chi connectivity index (χ0v) is 20.6. The van der Waals surface area contributed by atoms with E-state index in [9.17, 15) is 9.90 Å². The molecule has 4 nitrogen and oxygen atoms in total. The minimum absolute atomic E-state index is 0.00506. The highest BCUT2D eigenvalue weighted by molar-refractivity contribution is 5.93. The van der Waals surface area contributed by atoms with Crippen LogP contribution in [0, 0.1) is 11.7 Å². The number of aliphatic hydroxyl groups excluding tert-OH is 1. The van der Waals surface area contributed by atoms with Crippen molar-refractivity contribution in [3.63, 3.8) is 0 Å². The van der Waals surface area contributed by atoms with E-state index in [0.29, 0.717) is 30.9 Å². The van der Waals surface area contributed by atoms with Crippen molar-refractivity contribution in [1.29, 1.82) is 0 Å². The summed E-state index contributed by atoms with van der Waals surface area (Å²) in [5, 5.41) is 10.2. The van der Waals surface area contributed by atoms with Crippen LogP contribution in [-0.4, -0.2) is 29.9 Å². The first kappa shape index (κ1) is 24.9. The Morgan fingerprint density at radius 3 is 2.47 bits per heavy atom. The molecule has 1 saturated heterocycles. The number of benzene rings is 2. The largest absolute Gasteiger partial charge is 0.458 e. The maximum atomic E-state index is 15.0. The van der Waals surface area contributed by atoms with Gasteiger partial charge in [0.1, 0.15) is 11.9 Å². The van der Waals surface area contributed by atoms with Crippen molar-refractivity contribution in [2.24, 2.45) is 5.92 Å². The molecule has 2 heterocycles. The fourth-order valence-electron chi connectivity index (χ4n) is 5.39. The number of hydrogen-bond donors (Lipinski definition) is 1. The van der Waals surface area contributed by atoms with Crippen molar-refractivity contribution in [3.8, 4) is 0 Å². The number of cyclic esters (lactones) is 1. The van der Waals surface area contributed by atoms with Gasteiger partial charge in [-0.2, -0.15) is 0 Å². The fourth-order valence-corrected chi connectivity index (χ4v) is 5.39. The average molecular weight is 469 g/mol. The highest BCUT2D eigenvalue weighted by Crippen LogP contribution is 2.36. The van der Waals surface area contributed by atoms with Gasteiger partial charge in [0.25, 0.3) is 0 Å². The van der Waals surface area contributed by atoms with E-state index in [1.54, 1.807) is 12.1 Å². The van der Waals surface area contributed by atoms with Gasteiger partial charge in [-0.3, -0.25) is 0 Å². The lowest BCUT2D eigenvalue weighted by molar-refractivity contribution is -0.0698. The number of ether oxygens (including phenoxy) is 2. The zero-order valence-electron chi connectivity index (χ0n) is 20.6. The molecule has 2 aromatic rings. The molecule has 5 atom stereocenters. The molecule has 0 aromatic heterocycles. The van der Waals surface area contributed by atoms with Crippen molar-refractivity contribution in [3.05, 3.63) is 70.0 Å². The second-order valence-corrected chi connectivity index (χ2v) is 9.95. The number of rotatable bonds is 8. The normalized spacial score (nSPS) is 24.3. The Balaban J connectivity index is 1.39. The topological polar surface area (TPSA) is 55.8 Å². The van der Waals surface area contributed by atoms with Crippen molar-refractivity contribution < 1.29 is 23.8 Å². The lowest BCUT2D eigenvalue weighted by Gasteiger charge is -2.37. The second-order valence-electron chi connectivity index (χ2n) is 9.95. The van der Waals surface area contributed by atoms with E-state index in [-0.39, 0.29) is 29.3 Å². The molecule has 0 bridgehead atoms. The Morgan fingerprint density at radius 1 is 1.06 bits per heavy atom. The molecule has 2 aliphatic rings. The van der Waals surface area contributed by atoms with Crippen LogP contribution < -0.4 is 0 Å². The van der Waals surface area contributed by atoms with Gasteiger partial charge in [-0.05, 0) is 42.4 Å². The number of aryl methyl sites for hydroxylation is 1. The van der Waals surface area contributed by atoms with Gasteiger partial charge in [-0.15, -0.1) is 0 Å². The van der Waals surface area contributed by atoms with Crippen LogP contribution >= 0.6 is 0 Å². The van der Waals surface area contributed by atoms with E-state index in [1.807, 2.05) is 6.92 Å². The third-order valence-electron chi connectivity index (χ3n) is 7.54. The summed E-state index contributed by atoms with van der Waals surface area (Å²) in [4.78, 5) is 12.8. The Labute approximate surface area is 202 Å². The van der Waals surface area contributed by atoms with Crippen LogP contribution in [0.1, 0.15) is 97.5 Å². The Hall–Kier alpha value is -2.24. The van der Waals surface area contributed by atoms with Gasteiger partial charge in [-0.25, -0.2) is 9.18 Å². The number of carbonyl (C=O) groups excluding carboxylic acids is 1. The standard InChI is InChI=1S/C29H37FO4/c1-4-6-19-8-10-20(11-9-19)22-13-15-25(33-17-22)18(3)26-16-21-12-14-23(24(31)7-5-2)28(30)27(21)29(32)34-26/h8-12,14,18,22,24-26,31H,4-7,13,15-17H2,1-3H3. The number of fused-ring (bicyclic) bond motifs is 1. The number of aliphatic hydroxyl groups is 1. The van der Waals surface area contributed by atoms with Crippen molar-refractivity contribution >= 4 is 5.97 Å². The van der Waals surface area contributed by atoms with E-state index >= 15 is 4.39 Å². The first-order valence-electron chi connectivity index (χ1n) is 12.8. The van der Waals surface area contributed by atoms with Gasteiger partial charge in [0.2, 0.25) is 0 Å². The molecule has 184 valence electrons. The molecule has 2 aliphatic heterocycles. The summed E-state index contributed by atoms with van der Waals surface area (Å²) in [6.07, 6.45) is 4.59. The van der Waals surface area contributed by atoms with E-state index in [0.717, 1.165) is 32.1 Å². The molecule has 0 aliphatic carbocycles. The van der Waals surface area contributed by atoms with E-state index < -0.39 is 17.9 Å². The molecule has 0 radical (unpaired) electrons. The van der Waals surface area contributed by atoms with Crippen LogP contribution in [0.15, 0.2) is 36.4 Å². The maximum absolute atomic E-state index is 15.0. The summed E-state index contributed by atoms with van der Waals surface area (Å²) >= 11 is 0. The molecule has 0 amide bonds. The van der Waals surface area contributed by atoms with Crippen molar-refractivity contribution in [1.82, 2.24) is 0 Å². The highest BCUT2D eigenvalue weighted by Gasteiger charge is 2.38. The number of carbonyl (C=O) groups is 1. The van der Waals surface area contributed by atoms with Crippen LogP contribution in [0.4, 0.5) is 4.39 Å². The summed E-state index contributed by atoms with van der Waals surface area (Å²) in [5.41, 5.74) is 3.50. The van der Waals surface area contributed by atoms with E-state index in [2.05, 4.69) is 38.1 Å². The minimum Gasteiger partial charge on any atom is -0.458 e. The molecule has 0 spiro atoms. The fraction of sp³-hybridized carbons (Fsp3) is 0.552. The Bertz CT molecular complexity index is 978. The Morgan fingerprint density at radius 2 is 1.82 bits per heavy atom. The molecule has 2 aromatic carbocycles. The van der Waals surface area contributed by atoms with Crippen LogP contribution in [-0.2, 0) is 22.3 Å². The number of esters is 1. The first-order chi connectivity index (χ1) is 16.4. The van der Waals surface area contributed by atoms with E-state index in [4.69, 9.17) is 9.47 Å². The predicted molar refractivity (Wildman–Crippen MR) is 130 cm³/mol. The van der Waals surface area contributed by atoms with Crippen LogP contribution in [0.3, 0.4) is 0 Å². The van der Waals surface area contributed by atoms with Crippen LogP contribution in [0.25, 0.3) is 0 Å².